The molecular formula is C26H23NO4. The first-order valence-electron chi connectivity index (χ1n) is 10.3. The van der Waals surface area contributed by atoms with E-state index in [1.54, 1.807) is 48.5 Å². The van der Waals surface area contributed by atoms with Gasteiger partial charge in [0.25, 0.3) is 5.91 Å². The molecule has 5 heteroatoms. The van der Waals surface area contributed by atoms with Crippen LogP contribution >= 0.6 is 0 Å². The average Bonchev–Trinajstić information content (AvgIpc) is 2.82. The summed E-state index contributed by atoms with van der Waals surface area (Å²) in [7, 11) is 0. The molecule has 5 nitrogen and oxygen atoms in total. The van der Waals surface area contributed by atoms with Gasteiger partial charge in [0.05, 0.1) is 12.0 Å². The maximum Gasteiger partial charge on any atom is 0.255 e. The highest BCUT2D eigenvalue weighted by Gasteiger charge is 2.11. The molecule has 0 bridgehead atoms. The van der Waals surface area contributed by atoms with Crippen molar-refractivity contribution in [3.63, 3.8) is 0 Å². The van der Waals surface area contributed by atoms with Crippen LogP contribution < -0.4 is 15.5 Å². The van der Waals surface area contributed by atoms with Gasteiger partial charge in [-0.3, -0.25) is 9.59 Å². The summed E-state index contributed by atoms with van der Waals surface area (Å²) in [5.74, 6) is 0.332. The summed E-state index contributed by atoms with van der Waals surface area (Å²) in [6.07, 6.45) is 4.31. The van der Waals surface area contributed by atoms with Crippen LogP contribution in [0, 0.1) is 0 Å². The second kappa shape index (κ2) is 9.76. The Morgan fingerprint density at radius 2 is 1.61 bits per heavy atom. The summed E-state index contributed by atoms with van der Waals surface area (Å²) in [5.41, 5.74) is 2.09. The molecule has 0 unspecified atom stereocenters. The minimum absolute atomic E-state index is 0.113. The van der Waals surface area contributed by atoms with Crippen LogP contribution in [0.5, 0.6) is 5.75 Å². The quantitative estimate of drug-likeness (QED) is 0.390. The third-order valence-corrected chi connectivity index (χ3v) is 5.02. The van der Waals surface area contributed by atoms with Crippen molar-refractivity contribution in [2.75, 3.05) is 11.9 Å². The number of rotatable bonds is 8. The molecular weight excluding hydrogens is 390 g/mol. The first-order valence-corrected chi connectivity index (χ1v) is 10.3. The summed E-state index contributed by atoms with van der Waals surface area (Å²) in [6, 6.07) is 24.2. The fraction of sp³-hybridized carbons (Fsp3) is 0.154. The van der Waals surface area contributed by atoms with E-state index >= 15 is 0 Å². The zero-order valence-electron chi connectivity index (χ0n) is 17.0. The first kappa shape index (κ1) is 20.4. The maximum absolute atomic E-state index is 12.5. The van der Waals surface area contributed by atoms with Crippen LogP contribution in [0.15, 0.2) is 94.3 Å². The summed E-state index contributed by atoms with van der Waals surface area (Å²) in [6.45, 7) is 0.622. The fourth-order valence-electron chi connectivity index (χ4n) is 3.33. The third-order valence-electron chi connectivity index (χ3n) is 5.02. The molecule has 1 N–H and O–H groups in total. The minimum Gasteiger partial charge on any atom is -0.494 e. The van der Waals surface area contributed by atoms with Gasteiger partial charge >= 0.3 is 0 Å². The van der Waals surface area contributed by atoms with Crippen LogP contribution in [-0.4, -0.2) is 12.5 Å². The van der Waals surface area contributed by atoms with E-state index in [0.29, 0.717) is 28.9 Å². The fourth-order valence-corrected chi connectivity index (χ4v) is 3.33. The van der Waals surface area contributed by atoms with Gasteiger partial charge in [0.2, 0.25) is 5.43 Å². The van der Waals surface area contributed by atoms with Crippen molar-refractivity contribution in [2.45, 2.75) is 19.3 Å². The molecule has 4 aromatic rings. The molecule has 1 amide bonds. The highest BCUT2D eigenvalue weighted by atomic mass is 16.5. The van der Waals surface area contributed by atoms with E-state index in [4.69, 9.17) is 9.15 Å². The molecule has 0 atom stereocenters. The third kappa shape index (κ3) is 5.20. The monoisotopic (exact) mass is 413 g/mol. The van der Waals surface area contributed by atoms with E-state index < -0.39 is 0 Å². The molecule has 0 aliphatic rings. The number of nitrogens with one attached hydrogen (secondary N) is 1. The van der Waals surface area contributed by atoms with Crippen molar-refractivity contribution < 1.29 is 13.9 Å². The van der Waals surface area contributed by atoms with Crippen molar-refractivity contribution in [3.8, 4) is 5.75 Å². The number of fused-ring (bicyclic) bond motifs is 1. The molecule has 31 heavy (non-hydrogen) atoms. The molecule has 0 spiro atoms. The normalized spacial score (nSPS) is 10.7. The number of para-hydroxylation sites is 1. The predicted octanol–water partition coefficient (Wildman–Crippen LogP) is 5.45. The van der Waals surface area contributed by atoms with Gasteiger partial charge in [-0.1, -0.05) is 42.5 Å². The predicted molar refractivity (Wildman–Crippen MR) is 122 cm³/mol. The largest absolute Gasteiger partial charge is 0.494 e. The Bertz CT molecular complexity index is 1210. The van der Waals surface area contributed by atoms with Crippen LogP contribution in [0.2, 0.25) is 0 Å². The van der Waals surface area contributed by atoms with Crippen molar-refractivity contribution in [2.24, 2.45) is 0 Å². The van der Waals surface area contributed by atoms with Crippen LogP contribution in [0.25, 0.3) is 11.0 Å². The Morgan fingerprint density at radius 3 is 2.42 bits per heavy atom. The number of carbonyl (C=O) groups excluding carboxylic acids is 1. The Labute approximate surface area is 180 Å². The molecule has 0 aliphatic carbocycles. The second-order valence-electron chi connectivity index (χ2n) is 7.24. The Hall–Kier alpha value is -3.86. The molecule has 156 valence electrons. The number of unbranched alkanes of at least 4 members (excludes halogenated alkanes) is 1. The van der Waals surface area contributed by atoms with Gasteiger partial charge in [0.1, 0.15) is 23.3 Å². The molecule has 4 rings (SSSR count). The zero-order chi connectivity index (χ0) is 21.5. The van der Waals surface area contributed by atoms with E-state index in [9.17, 15) is 9.59 Å². The smallest absolute Gasteiger partial charge is 0.255 e. The van der Waals surface area contributed by atoms with Crippen molar-refractivity contribution in [1.82, 2.24) is 0 Å². The lowest BCUT2D eigenvalue weighted by molar-refractivity contribution is 0.102. The van der Waals surface area contributed by atoms with Gasteiger partial charge in [0.15, 0.2) is 0 Å². The topological polar surface area (TPSA) is 68.5 Å². The number of aryl methyl sites for hydroxylation is 1. The molecule has 3 aromatic carbocycles. The highest BCUT2D eigenvalue weighted by Crippen LogP contribution is 2.16. The Balaban J connectivity index is 1.29. The molecule has 0 saturated carbocycles. The Morgan fingerprint density at radius 1 is 0.871 bits per heavy atom. The molecule has 0 radical (unpaired) electrons. The zero-order valence-corrected chi connectivity index (χ0v) is 17.0. The van der Waals surface area contributed by atoms with Gasteiger partial charge in [-0.2, -0.15) is 0 Å². The molecule has 1 heterocycles. The summed E-state index contributed by atoms with van der Waals surface area (Å²) >= 11 is 0. The lowest BCUT2D eigenvalue weighted by atomic mass is 10.1. The number of benzene rings is 3. The van der Waals surface area contributed by atoms with E-state index in [0.717, 1.165) is 19.3 Å². The van der Waals surface area contributed by atoms with Crippen LogP contribution in [0.4, 0.5) is 5.69 Å². The maximum atomic E-state index is 12.5. The van der Waals surface area contributed by atoms with E-state index in [-0.39, 0.29) is 17.0 Å². The van der Waals surface area contributed by atoms with E-state index in [2.05, 4.69) is 29.6 Å². The summed E-state index contributed by atoms with van der Waals surface area (Å²) in [5, 5.41) is 3.05. The van der Waals surface area contributed by atoms with E-state index in [1.807, 2.05) is 6.07 Å². The standard InChI is InChI=1S/C26H23NO4/c28-25-22-11-4-5-12-24(22)31-18-23(25)27-26(29)20-13-15-21(16-14-20)30-17-7-6-10-19-8-2-1-3-9-19/h1-5,8-9,11-16,18H,6-7,10,17H2,(H,27,29). The number of carbonyl (C=O) groups is 1. The first-order chi connectivity index (χ1) is 15.2. The number of ether oxygens (including phenoxy) is 1. The Kier molecular flexibility index (Phi) is 6.43. The van der Waals surface area contributed by atoms with Gasteiger partial charge in [0, 0.05) is 5.56 Å². The average molecular weight is 413 g/mol. The van der Waals surface area contributed by atoms with Crippen molar-refractivity contribution in [1.29, 1.82) is 0 Å². The SMILES string of the molecule is O=C(Nc1coc2ccccc2c1=O)c1ccc(OCCCCc2ccccc2)cc1. The van der Waals surface area contributed by atoms with Crippen LogP contribution in [0.1, 0.15) is 28.8 Å². The number of hydrogen-bond donors (Lipinski definition) is 1. The van der Waals surface area contributed by atoms with Gasteiger partial charge < -0.3 is 14.5 Å². The van der Waals surface area contributed by atoms with Gasteiger partial charge in [-0.15, -0.1) is 0 Å². The summed E-state index contributed by atoms with van der Waals surface area (Å²) in [4.78, 5) is 25.0. The molecule has 1 aromatic heterocycles. The highest BCUT2D eigenvalue weighted by molar-refractivity contribution is 6.04. The van der Waals surface area contributed by atoms with Gasteiger partial charge in [-0.05, 0) is 61.2 Å². The second-order valence-corrected chi connectivity index (χ2v) is 7.24. The molecule has 0 aliphatic heterocycles. The lowest BCUT2D eigenvalue weighted by Gasteiger charge is -2.08. The minimum atomic E-state index is -0.378. The number of amides is 1. The summed E-state index contributed by atoms with van der Waals surface area (Å²) < 4.78 is 11.2. The molecule has 0 saturated heterocycles. The van der Waals surface area contributed by atoms with E-state index in [1.165, 1.54) is 11.8 Å². The van der Waals surface area contributed by atoms with Crippen molar-refractivity contribution in [3.05, 3.63) is 106 Å². The van der Waals surface area contributed by atoms with Gasteiger partial charge in [-0.25, -0.2) is 0 Å². The van der Waals surface area contributed by atoms with Crippen molar-refractivity contribution >= 4 is 22.6 Å². The molecule has 0 fully saturated rings. The number of anilines is 1. The van der Waals surface area contributed by atoms with Crippen LogP contribution in [0.3, 0.4) is 0 Å². The lowest BCUT2D eigenvalue weighted by Crippen LogP contribution is -2.18. The van der Waals surface area contributed by atoms with Crippen LogP contribution in [-0.2, 0) is 6.42 Å². The number of hydrogen-bond acceptors (Lipinski definition) is 4.